The van der Waals surface area contributed by atoms with Gasteiger partial charge in [-0.15, -0.1) is 0 Å². The van der Waals surface area contributed by atoms with Gasteiger partial charge in [0.15, 0.2) is 0 Å². The average Bonchev–Trinajstić information content (AvgIpc) is 3.26. The standard InChI is InChI=1S/C34H54O.2C2H6/c1-6-25-14-26-19-34(18-25,20-26)12-8-7-9-21(2)27-10-11-28(15-27)33-23(4)31-16-29(33)17-32(31)35-24(5)30-13-22(30)3;2*1-2/h22-23,25-33H,2,5-20H2,1,3-4H3;2*1-2H3. The molecule has 0 N–H and O–H groups in total. The van der Waals surface area contributed by atoms with Crippen molar-refractivity contribution in [3.05, 3.63) is 24.5 Å². The summed E-state index contributed by atoms with van der Waals surface area (Å²) in [5, 5.41) is 0. The second kappa shape index (κ2) is 13.5. The Morgan fingerprint density at radius 3 is 2.21 bits per heavy atom. The van der Waals surface area contributed by atoms with Crippen LogP contribution in [0.15, 0.2) is 24.5 Å². The Balaban J connectivity index is 0.000000845. The van der Waals surface area contributed by atoms with Crippen molar-refractivity contribution < 1.29 is 4.74 Å². The maximum atomic E-state index is 6.49. The molecule has 7 aliphatic carbocycles. The van der Waals surface area contributed by atoms with Gasteiger partial charge in [0.05, 0.1) is 5.76 Å². The smallest absolute Gasteiger partial charge is 0.102 e. The van der Waals surface area contributed by atoms with Crippen molar-refractivity contribution in [2.24, 2.45) is 64.6 Å². The van der Waals surface area contributed by atoms with Gasteiger partial charge in [-0.2, -0.15) is 0 Å². The SMILES string of the molecule is C=C(CCCCC12CC(CC)CC(C1)C2)C1CCC(C2C3CC(OC(=C)C4CC4C)C(C3)C2C)C1.CC.CC. The predicted octanol–water partition coefficient (Wildman–Crippen LogP) is 11.6. The molecule has 0 aliphatic heterocycles. The van der Waals surface area contributed by atoms with Crippen LogP contribution in [0.5, 0.6) is 0 Å². The fraction of sp³-hybridized carbons (Fsp3) is 0.895. The van der Waals surface area contributed by atoms with E-state index >= 15 is 0 Å². The number of ether oxygens (including phenoxy) is 1. The highest BCUT2D eigenvalue weighted by atomic mass is 16.5. The van der Waals surface area contributed by atoms with Crippen LogP contribution < -0.4 is 0 Å². The Labute approximate surface area is 244 Å². The van der Waals surface area contributed by atoms with E-state index in [1.54, 1.807) is 31.3 Å². The van der Waals surface area contributed by atoms with E-state index in [-0.39, 0.29) is 0 Å². The first-order chi connectivity index (χ1) is 18.9. The van der Waals surface area contributed by atoms with Gasteiger partial charge in [0.2, 0.25) is 0 Å². The Kier molecular flexibility index (Phi) is 10.8. The van der Waals surface area contributed by atoms with E-state index in [2.05, 4.69) is 33.9 Å². The minimum Gasteiger partial charge on any atom is -0.495 e. The molecule has 10 unspecified atom stereocenters. The molecule has 0 spiro atoms. The van der Waals surface area contributed by atoms with Crippen LogP contribution in [0.1, 0.15) is 145 Å². The van der Waals surface area contributed by atoms with E-state index < -0.39 is 0 Å². The van der Waals surface area contributed by atoms with Gasteiger partial charge < -0.3 is 4.74 Å². The summed E-state index contributed by atoms with van der Waals surface area (Å²) in [7, 11) is 0. The van der Waals surface area contributed by atoms with E-state index in [0.717, 1.165) is 64.4 Å². The highest BCUT2D eigenvalue weighted by Gasteiger charge is 2.55. The van der Waals surface area contributed by atoms with Crippen LogP contribution in [0.4, 0.5) is 0 Å². The van der Waals surface area contributed by atoms with Gasteiger partial charge in [-0.05, 0) is 142 Å². The van der Waals surface area contributed by atoms with E-state index in [4.69, 9.17) is 4.74 Å². The zero-order chi connectivity index (χ0) is 28.3. The normalized spacial score (nSPS) is 44.8. The molecule has 10 atom stereocenters. The number of fused-ring (bicyclic) bond motifs is 4. The van der Waals surface area contributed by atoms with Crippen LogP contribution in [0.3, 0.4) is 0 Å². The molecule has 7 aliphatic rings. The van der Waals surface area contributed by atoms with Gasteiger partial charge in [-0.1, -0.05) is 80.0 Å². The maximum absolute atomic E-state index is 6.49. The van der Waals surface area contributed by atoms with Crippen LogP contribution in [0.2, 0.25) is 0 Å². The van der Waals surface area contributed by atoms with Crippen LogP contribution in [0.25, 0.3) is 0 Å². The summed E-state index contributed by atoms with van der Waals surface area (Å²) in [6.45, 7) is 24.3. The molecule has 0 amide bonds. The van der Waals surface area contributed by atoms with Gasteiger partial charge >= 0.3 is 0 Å². The minimum absolute atomic E-state index is 0.473. The molecule has 4 bridgehead atoms. The largest absolute Gasteiger partial charge is 0.495 e. The second-order valence-corrected chi connectivity index (χ2v) is 14.9. The summed E-state index contributed by atoms with van der Waals surface area (Å²) in [4.78, 5) is 0. The maximum Gasteiger partial charge on any atom is 0.102 e. The van der Waals surface area contributed by atoms with Gasteiger partial charge in [-0.3, -0.25) is 0 Å². The quantitative estimate of drug-likeness (QED) is 0.144. The summed E-state index contributed by atoms with van der Waals surface area (Å²) < 4.78 is 6.49. The molecule has 0 heterocycles. The summed E-state index contributed by atoms with van der Waals surface area (Å²) in [5.41, 5.74) is 2.38. The highest BCUT2D eigenvalue weighted by molar-refractivity contribution is 5.10. The Hall–Kier alpha value is -0.720. The van der Waals surface area contributed by atoms with Crippen LogP contribution in [-0.4, -0.2) is 6.10 Å². The molecule has 0 saturated heterocycles. The fourth-order valence-electron chi connectivity index (χ4n) is 10.7. The zero-order valence-corrected chi connectivity index (χ0v) is 27.3. The number of unbranched alkanes of at least 4 members (excludes halogenated alkanes) is 1. The average molecular weight is 539 g/mol. The summed E-state index contributed by atoms with van der Waals surface area (Å²) in [6, 6.07) is 0. The monoisotopic (exact) mass is 539 g/mol. The topological polar surface area (TPSA) is 9.23 Å². The van der Waals surface area contributed by atoms with Gasteiger partial charge in [-0.25, -0.2) is 0 Å². The van der Waals surface area contributed by atoms with E-state index in [0.29, 0.717) is 12.0 Å². The van der Waals surface area contributed by atoms with E-state index in [1.807, 2.05) is 27.7 Å². The molecule has 7 rings (SSSR count). The number of rotatable bonds is 11. The lowest BCUT2D eigenvalue weighted by atomic mass is 9.49. The van der Waals surface area contributed by atoms with E-state index in [1.165, 1.54) is 70.6 Å². The second-order valence-electron chi connectivity index (χ2n) is 14.9. The molecular weight excluding hydrogens is 472 g/mol. The van der Waals surface area contributed by atoms with Gasteiger partial charge in [0.25, 0.3) is 0 Å². The third-order valence-corrected chi connectivity index (χ3v) is 12.7. The Morgan fingerprint density at radius 2 is 1.56 bits per heavy atom. The predicted molar refractivity (Wildman–Crippen MR) is 169 cm³/mol. The third-order valence-electron chi connectivity index (χ3n) is 12.7. The molecule has 39 heavy (non-hydrogen) atoms. The molecule has 7 fully saturated rings. The molecule has 7 saturated carbocycles. The van der Waals surface area contributed by atoms with Crippen molar-refractivity contribution in [3.63, 3.8) is 0 Å². The van der Waals surface area contributed by atoms with Crippen LogP contribution in [0, 0.1) is 64.6 Å². The number of hydrogen-bond donors (Lipinski definition) is 0. The van der Waals surface area contributed by atoms with Crippen molar-refractivity contribution in [1.29, 1.82) is 0 Å². The molecule has 0 aromatic rings. The highest BCUT2D eigenvalue weighted by Crippen LogP contribution is 2.61. The lowest BCUT2D eigenvalue weighted by molar-refractivity contribution is -0.0469. The number of allylic oxidation sites excluding steroid dienone is 2. The third kappa shape index (κ3) is 6.69. The molecular formula is C38H66O. The lowest BCUT2D eigenvalue weighted by Gasteiger charge is -2.56. The minimum atomic E-state index is 0.473. The van der Waals surface area contributed by atoms with Crippen molar-refractivity contribution in [2.45, 2.75) is 151 Å². The molecule has 224 valence electrons. The lowest BCUT2D eigenvalue weighted by Crippen LogP contribution is -2.44. The molecule has 1 heteroatoms. The summed E-state index contributed by atoms with van der Waals surface area (Å²) >= 11 is 0. The van der Waals surface area contributed by atoms with Crippen molar-refractivity contribution in [1.82, 2.24) is 0 Å². The molecule has 0 aromatic carbocycles. The van der Waals surface area contributed by atoms with Crippen molar-refractivity contribution in [2.75, 3.05) is 0 Å². The molecule has 1 nitrogen and oxygen atoms in total. The van der Waals surface area contributed by atoms with Gasteiger partial charge in [0, 0.05) is 5.92 Å². The number of hydrogen-bond acceptors (Lipinski definition) is 1. The van der Waals surface area contributed by atoms with Crippen LogP contribution in [-0.2, 0) is 4.74 Å². The first-order valence-electron chi connectivity index (χ1n) is 17.9. The van der Waals surface area contributed by atoms with Crippen LogP contribution >= 0.6 is 0 Å². The zero-order valence-electron chi connectivity index (χ0n) is 27.3. The molecule has 0 aromatic heterocycles. The fourth-order valence-corrected chi connectivity index (χ4v) is 10.7. The first-order valence-corrected chi connectivity index (χ1v) is 17.9. The van der Waals surface area contributed by atoms with Crippen molar-refractivity contribution >= 4 is 0 Å². The molecule has 0 radical (unpaired) electrons. The Bertz CT molecular complexity index is 802. The van der Waals surface area contributed by atoms with Gasteiger partial charge in [0.1, 0.15) is 6.10 Å². The van der Waals surface area contributed by atoms with Crippen molar-refractivity contribution in [3.8, 4) is 0 Å². The van der Waals surface area contributed by atoms with E-state index in [9.17, 15) is 0 Å². The summed E-state index contributed by atoms with van der Waals surface area (Å²) in [5.74, 6) is 9.98. The Morgan fingerprint density at radius 1 is 0.846 bits per heavy atom. The summed E-state index contributed by atoms with van der Waals surface area (Å²) in [6.07, 6.45) is 22.1. The first kappa shape index (κ1) is 31.2.